The van der Waals surface area contributed by atoms with E-state index in [9.17, 15) is 0 Å². The third kappa shape index (κ3) is 2.72. The van der Waals surface area contributed by atoms with Crippen molar-refractivity contribution in [3.63, 3.8) is 0 Å². The molecule has 0 spiro atoms. The molecule has 2 nitrogen and oxygen atoms in total. The van der Waals surface area contributed by atoms with Crippen LogP contribution >= 0.6 is 23.2 Å². The number of aromatic nitrogens is 1. The SMILES string of the molecule is Clc1ccc(CNc2cccc3cccnc23)cc1Cl. The van der Waals surface area contributed by atoms with Crippen LogP contribution in [0.2, 0.25) is 10.0 Å². The summed E-state index contributed by atoms with van der Waals surface area (Å²) >= 11 is 11.9. The Morgan fingerprint density at radius 1 is 0.950 bits per heavy atom. The van der Waals surface area contributed by atoms with Crippen LogP contribution in [0.1, 0.15) is 5.56 Å². The second-order valence-electron chi connectivity index (χ2n) is 4.48. The number of para-hydroxylation sites is 1. The van der Waals surface area contributed by atoms with Crippen molar-refractivity contribution in [3.8, 4) is 0 Å². The minimum atomic E-state index is 0.571. The van der Waals surface area contributed by atoms with Crippen LogP contribution in [0.15, 0.2) is 54.7 Å². The predicted octanol–water partition coefficient (Wildman–Crippen LogP) is 5.15. The number of anilines is 1. The molecule has 20 heavy (non-hydrogen) atoms. The molecule has 0 atom stereocenters. The molecule has 0 amide bonds. The lowest BCUT2D eigenvalue weighted by molar-refractivity contribution is 1.15. The van der Waals surface area contributed by atoms with Crippen LogP contribution in [-0.2, 0) is 6.54 Å². The Balaban J connectivity index is 1.85. The Labute approximate surface area is 127 Å². The van der Waals surface area contributed by atoms with Crippen molar-refractivity contribution in [3.05, 3.63) is 70.3 Å². The minimum absolute atomic E-state index is 0.571. The standard InChI is InChI=1S/C16H12Cl2N2/c17-13-7-6-11(9-14(13)18)10-20-15-5-1-3-12-4-2-8-19-16(12)15/h1-9,20H,10H2. The molecule has 0 aliphatic carbocycles. The highest BCUT2D eigenvalue weighted by molar-refractivity contribution is 6.42. The monoisotopic (exact) mass is 302 g/mol. The lowest BCUT2D eigenvalue weighted by Crippen LogP contribution is -2.00. The number of rotatable bonds is 3. The second-order valence-corrected chi connectivity index (χ2v) is 5.30. The zero-order valence-corrected chi connectivity index (χ0v) is 12.1. The number of nitrogens with zero attached hydrogens (tertiary/aromatic N) is 1. The van der Waals surface area contributed by atoms with Gasteiger partial charge in [0.1, 0.15) is 0 Å². The van der Waals surface area contributed by atoms with Crippen LogP contribution in [0.3, 0.4) is 0 Å². The van der Waals surface area contributed by atoms with E-state index >= 15 is 0 Å². The maximum absolute atomic E-state index is 6.02. The number of benzene rings is 2. The van der Waals surface area contributed by atoms with Crippen molar-refractivity contribution in [2.75, 3.05) is 5.32 Å². The summed E-state index contributed by atoms with van der Waals surface area (Å²) in [6, 6.07) is 15.7. The van der Waals surface area contributed by atoms with E-state index in [0.717, 1.165) is 22.2 Å². The topological polar surface area (TPSA) is 24.9 Å². The lowest BCUT2D eigenvalue weighted by Gasteiger charge is -2.09. The first-order valence-electron chi connectivity index (χ1n) is 6.25. The maximum atomic E-state index is 6.02. The van der Waals surface area contributed by atoms with Gasteiger partial charge in [0, 0.05) is 18.1 Å². The van der Waals surface area contributed by atoms with Crippen LogP contribution in [-0.4, -0.2) is 4.98 Å². The van der Waals surface area contributed by atoms with E-state index in [1.165, 1.54) is 0 Å². The molecule has 0 aliphatic rings. The van der Waals surface area contributed by atoms with Crippen LogP contribution in [0.25, 0.3) is 10.9 Å². The van der Waals surface area contributed by atoms with Crippen LogP contribution in [0.4, 0.5) is 5.69 Å². The van der Waals surface area contributed by atoms with Gasteiger partial charge in [0.2, 0.25) is 0 Å². The Morgan fingerprint density at radius 3 is 2.65 bits per heavy atom. The molecule has 1 heterocycles. The van der Waals surface area contributed by atoms with E-state index in [0.29, 0.717) is 16.6 Å². The fourth-order valence-electron chi connectivity index (χ4n) is 2.09. The zero-order valence-electron chi connectivity index (χ0n) is 10.6. The molecule has 0 saturated carbocycles. The first-order chi connectivity index (χ1) is 9.74. The molecule has 4 heteroatoms. The molecule has 0 radical (unpaired) electrons. The number of nitrogens with one attached hydrogen (secondary N) is 1. The molecule has 0 saturated heterocycles. The minimum Gasteiger partial charge on any atom is -0.379 e. The van der Waals surface area contributed by atoms with Crippen molar-refractivity contribution < 1.29 is 0 Å². The summed E-state index contributed by atoms with van der Waals surface area (Å²) in [5.74, 6) is 0. The molecule has 0 bridgehead atoms. The number of halogens is 2. The van der Waals surface area contributed by atoms with Crippen LogP contribution < -0.4 is 5.32 Å². The number of fused-ring (bicyclic) bond motifs is 1. The van der Waals surface area contributed by atoms with Gasteiger partial charge in [0.15, 0.2) is 0 Å². The van der Waals surface area contributed by atoms with Gasteiger partial charge in [-0.25, -0.2) is 0 Å². The fourth-order valence-corrected chi connectivity index (χ4v) is 2.41. The van der Waals surface area contributed by atoms with E-state index in [1.807, 2.05) is 48.5 Å². The van der Waals surface area contributed by atoms with Crippen LogP contribution in [0.5, 0.6) is 0 Å². The zero-order chi connectivity index (χ0) is 13.9. The Kier molecular flexibility index (Phi) is 3.77. The second kappa shape index (κ2) is 5.70. The summed E-state index contributed by atoms with van der Waals surface area (Å²) in [5, 5.41) is 5.65. The maximum Gasteiger partial charge on any atom is 0.0933 e. The fraction of sp³-hybridized carbons (Fsp3) is 0.0625. The molecule has 0 unspecified atom stereocenters. The smallest absolute Gasteiger partial charge is 0.0933 e. The summed E-state index contributed by atoms with van der Waals surface area (Å²) in [6.07, 6.45) is 1.80. The molecule has 2 aromatic carbocycles. The van der Waals surface area contributed by atoms with E-state index in [4.69, 9.17) is 23.2 Å². The first-order valence-corrected chi connectivity index (χ1v) is 7.01. The molecule has 100 valence electrons. The Bertz CT molecular complexity index is 751. The van der Waals surface area contributed by atoms with Crippen molar-refractivity contribution in [2.24, 2.45) is 0 Å². The third-order valence-corrected chi connectivity index (χ3v) is 3.84. The van der Waals surface area contributed by atoms with Gasteiger partial charge in [0.25, 0.3) is 0 Å². The van der Waals surface area contributed by atoms with Gasteiger partial charge in [-0.2, -0.15) is 0 Å². The molecular weight excluding hydrogens is 291 g/mol. The summed E-state index contributed by atoms with van der Waals surface area (Å²) < 4.78 is 0. The highest BCUT2D eigenvalue weighted by atomic mass is 35.5. The van der Waals surface area contributed by atoms with Gasteiger partial charge < -0.3 is 5.32 Å². The lowest BCUT2D eigenvalue weighted by atomic mass is 10.1. The highest BCUT2D eigenvalue weighted by Crippen LogP contribution is 2.24. The largest absolute Gasteiger partial charge is 0.379 e. The normalized spacial score (nSPS) is 10.7. The van der Waals surface area contributed by atoms with Gasteiger partial charge in [-0.3, -0.25) is 4.98 Å². The Hall–Kier alpha value is -1.77. The van der Waals surface area contributed by atoms with Crippen molar-refractivity contribution in [2.45, 2.75) is 6.54 Å². The molecule has 0 fully saturated rings. The molecule has 0 aliphatic heterocycles. The van der Waals surface area contributed by atoms with Gasteiger partial charge in [-0.05, 0) is 29.8 Å². The van der Waals surface area contributed by atoms with Gasteiger partial charge >= 0.3 is 0 Å². The molecule has 3 rings (SSSR count). The summed E-state index contributed by atoms with van der Waals surface area (Å²) in [6.45, 7) is 0.673. The number of hydrogen-bond donors (Lipinski definition) is 1. The number of hydrogen-bond acceptors (Lipinski definition) is 2. The predicted molar refractivity (Wildman–Crippen MR) is 85.5 cm³/mol. The van der Waals surface area contributed by atoms with Crippen molar-refractivity contribution in [1.82, 2.24) is 4.98 Å². The van der Waals surface area contributed by atoms with Crippen LogP contribution in [0, 0.1) is 0 Å². The quantitative estimate of drug-likeness (QED) is 0.723. The van der Waals surface area contributed by atoms with Gasteiger partial charge in [-0.1, -0.05) is 47.5 Å². The highest BCUT2D eigenvalue weighted by Gasteiger charge is 2.03. The van der Waals surface area contributed by atoms with E-state index in [-0.39, 0.29) is 0 Å². The van der Waals surface area contributed by atoms with Gasteiger partial charge in [0.05, 0.1) is 21.2 Å². The average Bonchev–Trinajstić information content (AvgIpc) is 2.48. The first kappa shape index (κ1) is 13.2. The molecule has 1 aromatic heterocycles. The molecule has 3 aromatic rings. The number of pyridine rings is 1. The third-order valence-electron chi connectivity index (χ3n) is 3.10. The van der Waals surface area contributed by atoms with E-state index in [1.54, 1.807) is 6.20 Å². The average molecular weight is 303 g/mol. The molecular formula is C16H12Cl2N2. The van der Waals surface area contributed by atoms with Crippen molar-refractivity contribution >= 4 is 39.8 Å². The summed E-state index contributed by atoms with van der Waals surface area (Å²) in [7, 11) is 0. The van der Waals surface area contributed by atoms with E-state index in [2.05, 4.69) is 10.3 Å². The van der Waals surface area contributed by atoms with Gasteiger partial charge in [-0.15, -0.1) is 0 Å². The van der Waals surface area contributed by atoms with E-state index < -0.39 is 0 Å². The van der Waals surface area contributed by atoms with Crippen molar-refractivity contribution in [1.29, 1.82) is 0 Å². The summed E-state index contributed by atoms with van der Waals surface area (Å²) in [5.41, 5.74) is 3.05. The molecule has 1 N–H and O–H groups in total. The summed E-state index contributed by atoms with van der Waals surface area (Å²) in [4.78, 5) is 4.42. The Morgan fingerprint density at radius 2 is 1.80 bits per heavy atom.